The Hall–Kier alpha value is -2.45. The second kappa shape index (κ2) is 7.89. The molecule has 1 aliphatic rings. The van der Waals surface area contributed by atoms with Gasteiger partial charge < -0.3 is 9.30 Å². The summed E-state index contributed by atoms with van der Waals surface area (Å²) in [5, 5.41) is 0.163. The summed E-state index contributed by atoms with van der Waals surface area (Å²) in [4.78, 5) is 24.9. The molecule has 1 aromatic carbocycles. The lowest BCUT2D eigenvalue weighted by molar-refractivity contribution is 0.0598. The Kier molecular flexibility index (Phi) is 5.71. The Morgan fingerprint density at radius 3 is 2.61 bits per heavy atom. The van der Waals surface area contributed by atoms with Gasteiger partial charge in [0.25, 0.3) is 0 Å². The van der Waals surface area contributed by atoms with Crippen LogP contribution in [0.5, 0.6) is 0 Å². The second-order valence-corrected chi connectivity index (χ2v) is 9.01. The van der Waals surface area contributed by atoms with E-state index in [0.717, 1.165) is 12.8 Å². The van der Waals surface area contributed by atoms with E-state index in [0.29, 0.717) is 31.1 Å². The number of fused-ring (bicyclic) bond motifs is 1. The predicted molar refractivity (Wildman–Crippen MR) is 107 cm³/mol. The number of nitrogens with zero attached hydrogens (tertiary/aromatic N) is 2. The fourth-order valence-electron chi connectivity index (χ4n) is 3.46. The van der Waals surface area contributed by atoms with Crippen molar-refractivity contribution in [1.29, 1.82) is 0 Å². The Labute approximate surface area is 164 Å². The molecule has 150 valence electrons. The van der Waals surface area contributed by atoms with Crippen LogP contribution in [0.1, 0.15) is 30.1 Å². The number of pyridine rings is 1. The van der Waals surface area contributed by atoms with Gasteiger partial charge in [0.1, 0.15) is 5.56 Å². The number of allylic oxidation sites excluding steroid dienone is 1. The van der Waals surface area contributed by atoms with E-state index < -0.39 is 21.4 Å². The quantitative estimate of drug-likeness (QED) is 0.564. The minimum Gasteiger partial charge on any atom is -0.465 e. The van der Waals surface area contributed by atoms with Gasteiger partial charge in [0.05, 0.1) is 17.5 Å². The third-order valence-electron chi connectivity index (χ3n) is 5.16. The summed E-state index contributed by atoms with van der Waals surface area (Å²) < 4.78 is 33.9. The molecule has 28 heavy (non-hydrogen) atoms. The van der Waals surface area contributed by atoms with Crippen LogP contribution in [0.2, 0.25) is 0 Å². The summed E-state index contributed by atoms with van der Waals surface area (Å²) in [7, 11) is -2.51. The Balaban J connectivity index is 2.16. The number of methoxy groups -OCH3 is 1. The average molecular weight is 404 g/mol. The van der Waals surface area contributed by atoms with Crippen molar-refractivity contribution in [3.05, 3.63) is 52.8 Å². The molecule has 1 aromatic heterocycles. The summed E-state index contributed by atoms with van der Waals surface area (Å²) in [6, 6.07) is 4.46. The molecule has 0 unspecified atom stereocenters. The minimum absolute atomic E-state index is 0.0545. The Bertz CT molecular complexity index is 1080. The summed E-state index contributed by atoms with van der Waals surface area (Å²) in [5.74, 6) is -0.264. The van der Waals surface area contributed by atoms with Crippen molar-refractivity contribution in [2.45, 2.75) is 31.2 Å². The first-order valence-corrected chi connectivity index (χ1v) is 10.6. The average Bonchev–Trinajstić information content (AvgIpc) is 2.69. The fourth-order valence-corrected chi connectivity index (χ4v) is 4.95. The third kappa shape index (κ3) is 3.62. The van der Waals surface area contributed by atoms with Crippen LogP contribution in [0.3, 0.4) is 0 Å². The first-order valence-electron chi connectivity index (χ1n) is 9.16. The van der Waals surface area contributed by atoms with Crippen molar-refractivity contribution < 1.29 is 17.9 Å². The van der Waals surface area contributed by atoms with Crippen molar-refractivity contribution in [1.82, 2.24) is 8.87 Å². The molecule has 0 amide bonds. The van der Waals surface area contributed by atoms with E-state index in [-0.39, 0.29) is 15.8 Å². The van der Waals surface area contributed by atoms with Crippen LogP contribution in [-0.2, 0) is 21.3 Å². The van der Waals surface area contributed by atoms with Crippen LogP contribution in [0, 0.1) is 5.92 Å². The first kappa shape index (κ1) is 20.3. The highest BCUT2D eigenvalue weighted by Gasteiger charge is 2.28. The maximum Gasteiger partial charge on any atom is 0.343 e. The van der Waals surface area contributed by atoms with E-state index >= 15 is 0 Å². The fraction of sp³-hybridized carbons (Fsp3) is 0.400. The number of rotatable bonds is 5. The first-order chi connectivity index (χ1) is 13.3. The number of aromatic nitrogens is 1. The third-order valence-corrected chi connectivity index (χ3v) is 7.06. The highest BCUT2D eigenvalue weighted by atomic mass is 32.2. The summed E-state index contributed by atoms with van der Waals surface area (Å²) in [6.45, 7) is 7.08. The lowest BCUT2D eigenvalue weighted by Gasteiger charge is -2.29. The molecule has 2 aromatic rings. The molecule has 1 aliphatic heterocycles. The van der Waals surface area contributed by atoms with Gasteiger partial charge in [-0.05, 0) is 37.0 Å². The van der Waals surface area contributed by atoms with Gasteiger partial charge in [-0.3, -0.25) is 4.79 Å². The monoisotopic (exact) mass is 404 g/mol. The van der Waals surface area contributed by atoms with Crippen molar-refractivity contribution >= 4 is 26.9 Å². The number of piperidine rings is 1. The van der Waals surface area contributed by atoms with Crippen LogP contribution < -0.4 is 5.43 Å². The molecule has 7 nitrogen and oxygen atoms in total. The molecule has 0 N–H and O–H groups in total. The van der Waals surface area contributed by atoms with E-state index in [1.165, 1.54) is 29.7 Å². The van der Waals surface area contributed by atoms with Gasteiger partial charge in [-0.25, -0.2) is 13.2 Å². The van der Waals surface area contributed by atoms with Crippen LogP contribution in [0.4, 0.5) is 0 Å². The molecule has 0 bridgehead atoms. The standard InChI is InChI=1S/C20H24N2O5S/c1-4-9-21-13-17(20(24)27-3)19(23)16-12-15(5-6-18(16)21)28(25,26)22-10-7-14(2)8-11-22/h4-6,12-14H,1,7-11H2,2-3H3. The van der Waals surface area contributed by atoms with Gasteiger partial charge in [-0.2, -0.15) is 4.31 Å². The highest BCUT2D eigenvalue weighted by Crippen LogP contribution is 2.25. The summed E-state index contributed by atoms with van der Waals surface area (Å²) >= 11 is 0. The molecular weight excluding hydrogens is 380 g/mol. The molecular formula is C20H24N2O5S. The molecule has 0 radical (unpaired) electrons. The zero-order valence-electron chi connectivity index (χ0n) is 16.1. The largest absolute Gasteiger partial charge is 0.465 e. The van der Waals surface area contributed by atoms with Crippen LogP contribution in [0.25, 0.3) is 10.9 Å². The van der Waals surface area contributed by atoms with E-state index in [1.54, 1.807) is 16.7 Å². The number of benzene rings is 1. The summed E-state index contributed by atoms with van der Waals surface area (Å²) in [6.07, 6.45) is 4.67. The van der Waals surface area contributed by atoms with Gasteiger partial charge in [-0.15, -0.1) is 6.58 Å². The van der Waals surface area contributed by atoms with Crippen LogP contribution >= 0.6 is 0 Å². The van der Waals surface area contributed by atoms with Crippen LogP contribution in [-0.4, -0.2) is 43.5 Å². The lowest BCUT2D eigenvalue weighted by atomic mass is 10.0. The van der Waals surface area contributed by atoms with Crippen molar-refractivity contribution in [3.63, 3.8) is 0 Å². The van der Waals surface area contributed by atoms with Crippen LogP contribution in [0.15, 0.2) is 46.7 Å². The minimum atomic E-state index is -3.71. The molecule has 3 rings (SSSR count). The predicted octanol–water partition coefficient (Wildman–Crippen LogP) is 2.39. The number of esters is 1. The SMILES string of the molecule is C=CCn1cc(C(=O)OC)c(=O)c2cc(S(=O)(=O)N3CCC(C)CC3)ccc21. The molecule has 1 saturated heterocycles. The number of carbonyl (C=O) groups is 1. The van der Waals surface area contributed by atoms with Gasteiger partial charge in [0.2, 0.25) is 15.5 Å². The topological polar surface area (TPSA) is 85.7 Å². The molecule has 1 fully saturated rings. The van der Waals surface area contributed by atoms with Gasteiger partial charge >= 0.3 is 5.97 Å². The zero-order valence-corrected chi connectivity index (χ0v) is 16.9. The Morgan fingerprint density at radius 1 is 1.32 bits per heavy atom. The normalized spacial score (nSPS) is 16.2. The Morgan fingerprint density at radius 2 is 2.00 bits per heavy atom. The lowest BCUT2D eigenvalue weighted by Crippen LogP contribution is -2.37. The smallest absolute Gasteiger partial charge is 0.343 e. The van der Waals surface area contributed by atoms with E-state index in [1.807, 2.05) is 0 Å². The maximum atomic E-state index is 13.0. The number of sulfonamides is 1. The zero-order chi connectivity index (χ0) is 20.5. The van der Waals surface area contributed by atoms with Crippen molar-refractivity contribution in [2.75, 3.05) is 20.2 Å². The number of hydrogen-bond donors (Lipinski definition) is 0. The second-order valence-electron chi connectivity index (χ2n) is 7.07. The molecule has 0 spiro atoms. The van der Waals surface area contributed by atoms with E-state index in [2.05, 4.69) is 13.5 Å². The van der Waals surface area contributed by atoms with E-state index in [9.17, 15) is 18.0 Å². The molecule has 0 saturated carbocycles. The van der Waals surface area contributed by atoms with E-state index in [4.69, 9.17) is 4.74 Å². The van der Waals surface area contributed by atoms with Gasteiger partial charge in [0, 0.05) is 31.2 Å². The molecule has 0 aliphatic carbocycles. The number of carbonyl (C=O) groups excluding carboxylic acids is 1. The van der Waals surface area contributed by atoms with Crippen molar-refractivity contribution in [2.24, 2.45) is 5.92 Å². The van der Waals surface area contributed by atoms with Crippen molar-refractivity contribution in [3.8, 4) is 0 Å². The highest BCUT2D eigenvalue weighted by molar-refractivity contribution is 7.89. The number of hydrogen-bond acceptors (Lipinski definition) is 5. The van der Waals surface area contributed by atoms with Gasteiger partial charge in [0.15, 0.2) is 0 Å². The number of ether oxygens (including phenoxy) is 1. The maximum absolute atomic E-state index is 13.0. The summed E-state index contributed by atoms with van der Waals surface area (Å²) in [5.41, 5.74) is -0.159. The molecule has 0 atom stereocenters. The molecule has 2 heterocycles. The van der Waals surface area contributed by atoms with Gasteiger partial charge in [-0.1, -0.05) is 13.0 Å². The molecule has 8 heteroatoms.